The summed E-state index contributed by atoms with van der Waals surface area (Å²) in [6.07, 6.45) is 2.32. The van der Waals surface area contributed by atoms with Gasteiger partial charge >= 0.3 is 0 Å². The lowest BCUT2D eigenvalue weighted by Crippen LogP contribution is -2.26. The zero-order chi connectivity index (χ0) is 10.6. The van der Waals surface area contributed by atoms with Crippen molar-refractivity contribution in [1.29, 1.82) is 0 Å². The van der Waals surface area contributed by atoms with Crippen LogP contribution in [0.25, 0.3) is 0 Å². The number of benzene rings is 1. The van der Waals surface area contributed by atoms with Crippen LogP contribution in [0.1, 0.15) is 30.0 Å². The van der Waals surface area contributed by atoms with E-state index in [0.29, 0.717) is 6.04 Å². The lowest BCUT2D eigenvalue weighted by atomic mass is 10.00. The van der Waals surface area contributed by atoms with Gasteiger partial charge in [0, 0.05) is 6.04 Å². The summed E-state index contributed by atoms with van der Waals surface area (Å²) >= 11 is 0. The number of rotatable bonds is 4. The molecule has 14 heavy (non-hydrogen) atoms. The minimum atomic E-state index is 0.608. The Morgan fingerprint density at radius 3 is 2.14 bits per heavy atom. The van der Waals surface area contributed by atoms with E-state index < -0.39 is 0 Å². The topological polar surface area (TPSA) is 12.0 Å². The fourth-order valence-electron chi connectivity index (χ4n) is 1.92. The van der Waals surface area contributed by atoms with Crippen molar-refractivity contribution in [2.75, 3.05) is 7.05 Å². The van der Waals surface area contributed by atoms with Gasteiger partial charge in [-0.15, -0.1) is 0 Å². The number of nitrogens with one attached hydrogen (secondary N) is 1. The molecule has 0 aliphatic heterocycles. The van der Waals surface area contributed by atoms with Crippen LogP contribution in [0.2, 0.25) is 0 Å². The Morgan fingerprint density at radius 1 is 1.14 bits per heavy atom. The van der Waals surface area contributed by atoms with Crippen LogP contribution >= 0.6 is 0 Å². The van der Waals surface area contributed by atoms with E-state index in [2.05, 4.69) is 44.3 Å². The molecule has 0 amide bonds. The lowest BCUT2D eigenvalue weighted by molar-refractivity contribution is 0.543. The average Bonchev–Trinajstić information content (AvgIpc) is 2.12. The van der Waals surface area contributed by atoms with Crippen molar-refractivity contribution >= 4 is 0 Å². The third kappa shape index (κ3) is 3.15. The summed E-state index contributed by atoms with van der Waals surface area (Å²) in [6.45, 7) is 6.55. The second-order valence-corrected chi connectivity index (χ2v) is 4.09. The molecular formula is C13H21N. The molecule has 1 aromatic rings. The lowest BCUT2D eigenvalue weighted by Gasteiger charge is -2.14. The molecule has 0 saturated carbocycles. The van der Waals surface area contributed by atoms with E-state index in [9.17, 15) is 0 Å². The van der Waals surface area contributed by atoms with Gasteiger partial charge in [0.1, 0.15) is 0 Å². The molecule has 0 aromatic heterocycles. The van der Waals surface area contributed by atoms with E-state index in [1.807, 2.05) is 7.05 Å². The molecule has 1 N–H and O–H groups in total. The van der Waals surface area contributed by atoms with E-state index in [1.54, 1.807) is 0 Å². The van der Waals surface area contributed by atoms with Crippen molar-refractivity contribution < 1.29 is 0 Å². The van der Waals surface area contributed by atoms with Gasteiger partial charge in [-0.05, 0) is 39.3 Å². The number of aryl methyl sites for hydroxylation is 2. The summed E-state index contributed by atoms with van der Waals surface area (Å²) in [5.74, 6) is 0. The Balaban J connectivity index is 2.75. The molecule has 1 heteroatoms. The third-order valence-corrected chi connectivity index (χ3v) is 2.66. The highest BCUT2D eigenvalue weighted by Crippen LogP contribution is 2.11. The second-order valence-electron chi connectivity index (χ2n) is 4.09. The second kappa shape index (κ2) is 5.16. The quantitative estimate of drug-likeness (QED) is 0.771. The molecule has 1 rings (SSSR count). The van der Waals surface area contributed by atoms with Gasteiger partial charge in [-0.2, -0.15) is 0 Å². The number of hydrogen-bond donors (Lipinski definition) is 1. The highest BCUT2D eigenvalue weighted by Gasteiger charge is 2.04. The van der Waals surface area contributed by atoms with E-state index in [1.165, 1.54) is 23.1 Å². The van der Waals surface area contributed by atoms with Crippen molar-refractivity contribution in [3.8, 4) is 0 Å². The molecule has 0 spiro atoms. The Bertz CT molecular complexity index is 267. The van der Waals surface area contributed by atoms with E-state index in [4.69, 9.17) is 0 Å². The van der Waals surface area contributed by atoms with Crippen LogP contribution in [0.5, 0.6) is 0 Å². The Hall–Kier alpha value is -0.820. The summed E-state index contributed by atoms with van der Waals surface area (Å²) in [7, 11) is 2.04. The summed E-state index contributed by atoms with van der Waals surface area (Å²) in [6, 6.07) is 7.40. The van der Waals surface area contributed by atoms with Crippen molar-refractivity contribution in [2.24, 2.45) is 0 Å². The molecule has 0 bridgehead atoms. The van der Waals surface area contributed by atoms with Gasteiger partial charge in [0.25, 0.3) is 0 Å². The normalized spacial score (nSPS) is 12.9. The molecule has 0 radical (unpaired) electrons. The van der Waals surface area contributed by atoms with Crippen LogP contribution in [0.4, 0.5) is 0 Å². The standard InChI is InChI=1S/C13H21N/c1-5-13(14-4)9-12-7-10(2)6-11(3)8-12/h6-8,13-14H,5,9H2,1-4H3. The Morgan fingerprint density at radius 2 is 1.71 bits per heavy atom. The van der Waals surface area contributed by atoms with Gasteiger partial charge < -0.3 is 5.32 Å². The zero-order valence-corrected chi connectivity index (χ0v) is 9.72. The van der Waals surface area contributed by atoms with Crippen molar-refractivity contribution in [3.63, 3.8) is 0 Å². The van der Waals surface area contributed by atoms with Crippen molar-refractivity contribution in [2.45, 2.75) is 39.7 Å². The molecule has 78 valence electrons. The maximum atomic E-state index is 3.34. The van der Waals surface area contributed by atoms with Gasteiger partial charge in [-0.1, -0.05) is 36.2 Å². The molecule has 0 aliphatic rings. The first-order chi connectivity index (χ1) is 6.65. The minimum absolute atomic E-state index is 0.608. The summed E-state index contributed by atoms with van der Waals surface area (Å²) in [5.41, 5.74) is 4.18. The minimum Gasteiger partial charge on any atom is -0.317 e. The monoisotopic (exact) mass is 191 g/mol. The van der Waals surface area contributed by atoms with Gasteiger partial charge in [0.15, 0.2) is 0 Å². The van der Waals surface area contributed by atoms with E-state index in [-0.39, 0.29) is 0 Å². The molecular weight excluding hydrogens is 170 g/mol. The Kier molecular flexibility index (Phi) is 4.15. The first-order valence-corrected chi connectivity index (χ1v) is 5.40. The van der Waals surface area contributed by atoms with Crippen LogP contribution in [-0.4, -0.2) is 13.1 Å². The van der Waals surface area contributed by atoms with Crippen LogP contribution in [-0.2, 0) is 6.42 Å². The fraction of sp³-hybridized carbons (Fsp3) is 0.538. The number of likely N-dealkylation sites (N-methyl/N-ethyl adjacent to an activating group) is 1. The molecule has 0 saturated heterocycles. The average molecular weight is 191 g/mol. The van der Waals surface area contributed by atoms with E-state index >= 15 is 0 Å². The summed E-state index contributed by atoms with van der Waals surface area (Å²) in [5, 5.41) is 3.34. The highest BCUT2D eigenvalue weighted by atomic mass is 14.9. The first-order valence-electron chi connectivity index (χ1n) is 5.40. The zero-order valence-electron chi connectivity index (χ0n) is 9.72. The predicted octanol–water partition coefficient (Wildman–Crippen LogP) is 2.84. The smallest absolute Gasteiger partial charge is 0.0102 e. The van der Waals surface area contributed by atoms with Crippen LogP contribution in [0, 0.1) is 13.8 Å². The molecule has 0 fully saturated rings. The van der Waals surface area contributed by atoms with Crippen LogP contribution in [0.3, 0.4) is 0 Å². The third-order valence-electron chi connectivity index (χ3n) is 2.66. The fourth-order valence-corrected chi connectivity index (χ4v) is 1.92. The largest absolute Gasteiger partial charge is 0.317 e. The van der Waals surface area contributed by atoms with Gasteiger partial charge in [0.2, 0.25) is 0 Å². The molecule has 1 atom stereocenters. The predicted molar refractivity (Wildman–Crippen MR) is 62.8 cm³/mol. The van der Waals surface area contributed by atoms with Crippen molar-refractivity contribution in [1.82, 2.24) is 5.32 Å². The van der Waals surface area contributed by atoms with Gasteiger partial charge in [-0.3, -0.25) is 0 Å². The van der Waals surface area contributed by atoms with Crippen molar-refractivity contribution in [3.05, 3.63) is 34.9 Å². The Labute approximate surface area is 87.5 Å². The summed E-state index contributed by atoms with van der Waals surface area (Å²) in [4.78, 5) is 0. The molecule has 1 aromatic carbocycles. The maximum Gasteiger partial charge on any atom is 0.0102 e. The van der Waals surface area contributed by atoms with Gasteiger partial charge in [-0.25, -0.2) is 0 Å². The molecule has 1 unspecified atom stereocenters. The maximum absolute atomic E-state index is 3.34. The first kappa shape index (κ1) is 11.3. The van der Waals surface area contributed by atoms with Crippen LogP contribution < -0.4 is 5.32 Å². The number of hydrogen-bond acceptors (Lipinski definition) is 1. The highest BCUT2D eigenvalue weighted by molar-refractivity contribution is 5.29. The molecule has 1 nitrogen and oxygen atoms in total. The van der Waals surface area contributed by atoms with Gasteiger partial charge in [0.05, 0.1) is 0 Å². The summed E-state index contributed by atoms with van der Waals surface area (Å²) < 4.78 is 0. The molecule has 0 heterocycles. The van der Waals surface area contributed by atoms with Crippen LogP contribution in [0.15, 0.2) is 18.2 Å². The SMILES string of the molecule is CCC(Cc1cc(C)cc(C)c1)NC. The van der Waals surface area contributed by atoms with E-state index in [0.717, 1.165) is 6.42 Å². The molecule has 0 aliphatic carbocycles.